The highest BCUT2D eigenvalue weighted by Gasteiger charge is 2.35. The van der Waals surface area contributed by atoms with Gasteiger partial charge in [0.05, 0.1) is 5.25 Å². The van der Waals surface area contributed by atoms with Crippen molar-refractivity contribution in [2.24, 2.45) is 0 Å². The van der Waals surface area contributed by atoms with E-state index in [4.69, 9.17) is 0 Å². The Morgan fingerprint density at radius 1 is 1.19 bits per heavy atom. The van der Waals surface area contributed by atoms with Crippen molar-refractivity contribution in [2.75, 3.05) is 0 Å². The van der Waals surface area contributed by atoms with E-state index >= 15 is 0 Å². The molecule has 11 heteroatoms. The molecule has 0 aliphatic carbocycles. The first-order valence-electron chi connectivity index (χ1n) is 7.28. The number of alkyl halides is 3. The molecule has 0 saturated carbocycles. The number of benzene rings is 1. The Morgan fingerprint density at radius 2 is 1.85 bits per heavy atom. The quantitative estimate of drug-likeness (QED) is 0.788. The van der Waals surface area contributed by atoms with Gasteiger partial charge >= 0.3 is 6.18 Å². The molecule has 0 aliphatic heterocycles. The molecule has 1 aromatic heterocycles. The number of hydrogen-bond acceptors (Lipinski definition) is 4. The summed E-state index contributed by atoms with van der Waals surface area (Å²) in [5, 5.41) is -1.44. The van der Waals surface area contributed by atoms with E-state index in [-0.39, 0.29) is 18.1 Å². The van der Waals surface area contributed by atoms with Gasteiger partial charge in [0.15, 0.2) is 15.5 Å². The zero-order chi connectivity index (χ0) is 19.7. The van der Waals surface area contributed by atoms with Gasteiger partial charge in [0.2, 0.25) is 0 Å². The number of H-pyrrole nitrogens is 1. The van der Waals surface area contributed by atoms with E-state index in [1.165, 1.54) is 6.92 Å². The molecule has 1 atom stereocenters. The van der Waals surface area contributed by atoms with E-state index in [1.54, 1.807) is 0 Å². The summed E-state index contributed by atoms with van der Waals surface area (Å²) >= 11 is 0. The zero-order valence-electron chi connectivity index (χ0n) is 13.3. The largest absolute Gasteiger partial charge is 0.433 e. The lowest BCUT2D eigenvalue weighted by Gasteiger charge is -2.17. The Balaban J connectivity index is 2.44. The van der Waals surface area contributed by atoms with Crippen LogP contribution in [0.25, 0.3) is 0 Å². The van der Waals surface area contributed by atoms with Gasteiger partial charge in [0.1, 0.15) is 23.2 Å². The number of aromatic nitrogens is 2. The van der Waals surface area contributed by atoms with Crippen LogP contribution in [0.5, 0.6) is 0 Å². The van der Waals surface area contributed by atoms with Gasteiger partial charge in [-0.25, -0.2) is 22.2 Å². The monoisotopic (exact) mass is 396 g/mol. The van der Waals surface area contributed by atoms with E-state index in [2.05, 4.69) is 4.98 Å². The maximum Gasteiger partial charge on any atom is 0.433 e. The minimum Gasteiger partial charge on any atom is -0.310 e. The number of aromatic amines is 1. The molecule has 0 bridgehead atoms. The van der Waals surface area contributed by atoms with E-state index in [1.807, 2.05) is 4.98 Å². The highest BCUT2D eigenvalue weighted by atomic mass is 32.2. The van der Waals surface area contributed by atoms with Crippen molar-refractivity contribution in [1.82, 2.24) is 9.97 Å². The van der Waals surface area contributed by atoms with Gasteiger partial charge in [0, 0.05) is 17.7 Å². The summed E-state index contributed by atoms with van der Waals surface area (Å²) in [5.74, 6) is -3.75. The predicted octanol–water partition coefficient (Wildman–Crippen LogP) is 3.13. The zero-order valence-corrected chi connectivity index (χ0v) is 14.1. The second-order valence-electron chi connectivity index (χ2n) is 5.45. The number of rotatable bonds is 5. The standard InChI is InChI=1S/C15H13F5N2O3S/c1-2-11(9-4-3-8(16)5-10(9)17)26(24,25)7-13-21-12(15(18,19)20)6-14(23)22-13/h3-6,11H,2,7H2,1H3,(H,21,22,23)/t11-/m1/s1. The Hall–Kier alpha value is -2.30. The fourth-order valence-electron chi connectivity index (χ4n) is 2.44. The van der Waals surface area contributed by atoms with E-state index < -0.39 is 55.7 Å². The van der Waals surface area contributed by atoms with E-state index in [0.29, 0.717) is 6.07 Å². The molecule has 0 fully saturated rings. The molecule has 1 N–H and O–H groups in total. The summed E-state index contributed by atoms with van der Waals surface area (Å²) < 4.78 is 90.1. The Labute approximate surface area is 144 Å². The van der Waals surface area contributed by atoms with Crippen molar-refractivity contribution in [3.63, 3.8) is 0 Å². The molecule has 5 nitrogen and oxygen atoms in total. The van der Waals surface area contributed by atoms with Crippen LogP contribution < -0.4 is 5.56 Å². The second-order valence-corrected chi connectivity index (χ2v) is 7.63. The molecule has 2 aromatic rings. The minimum absolute atomic E-state index is 0.117. The van der Waals surface area contributed by atoms with E-state index in [9.17, 15) is 35.2 Å². The first-order chi connectivity index (χ1) is 11.9. The molecule has 0 spiro atoms. The molecular weight excluding hydrogens is 383 g/mol. The summed E-state index contributed by atoms with van der Waals surface area (Å²) in [6.07, 6.45) is -5.05. The lowest BCUT2D eigenvalue weighted by molar-refractivity contribution is -0.141. The molecule has 0 unspecified atom stereocenters. The maximum atomic E-state index is 13.9. The van der Waals surface area contributed by atoms with Crippen LogP contribution >= 0.6 is 0 Å². The van der Waals surface area contributed by atoms with Crippen LogP contribution in [0.3, 0.4) is 0 Å². The van der Waals surface area contributed by atoms with Crippen molar-refractivity contribution in [3.05, 3.63) is 63.3 Å². The van der Waals surface area contributed by atoms with Crippen molar-refractivity contribution in [2.45, 2.75) is 30.5 Å². The highest BCUT2D eigenvalue weighted by molar-refractivity contribution is 7.90. The van der Waals surface area contributed by atoms with E-state index in [0.717, 1.165) is 12.1 Å². The molecule has 0 amide bonds. The summed E-state index contributed by atoms with van der Waals surface area (Å²) in [7, 11) is -4.26. The third-order valence-corrected chi connectivity index (χ3v) is 5.66. The number of nitrogens with one attached hydrogen (secondary N) is 1. The van der Waals surface area contributed by atoms with Crippen LogP contribution in [0.4, 0.5) is 22.0 Å². The van der Waals surface area contributed by atoms with Gasteiger partial charge in [-0.1, -0.05) is 13.0 Å². The lowest BCUT2D eigenvalue weighted by Crippen LogP contribution is -2.23. The first kappa shape index (κ1) is 20.0. The van der Waals surface area contributed by atoms with Crippen LogP contribution in [0, 0.1) is 11.6 Å². The molecule has 0 aliphatic rings. The normalized spacial score (nSPS) is 13.6. The van der Waals surface area contributed by atoms with Gasteiger partial charge in [-0.2, -0.15) is 13.2 Å². The predicted molar refractivity (Wildman–Crippen MR) is 81.9 cm³/mol. The number of hydrogen-bond donors (Lipinski definition) is 1. The maximum absolute atomic E-state index is 13.9. The van der Waals surface area contributed by atoms with Crippen molar-refractivity contribution >= 4 is 9.84 Å². The molecule has 1 heterocycles. The minimum atomic E-state index is -4.93. The van der Waals surface area contributed by atoms with Crippen LogP contribution in [0.1, 0.15) is 35.7 Å². The summed E-state index contributed by atoms with van der Waals surface area (Å²) in [4.78, 5) is 16.4. The van der Waals surface area contributed by atoms with Crippen LogP contribution in [0.2, 0.25) is 0 Å². The molecular formula is C15H13F5N2O3S. The summed E-state index contributed by atoms with van der Waals surface area (Å²) in [5.41, 5.74) is -3.02. The molecule has 1 aromatic carbocycles. The van der Waals surface area contributed by atoms with Crippen molar-refractivity contribution < 1.29 is 30.4 Å². The molecule has 2 rings (SSSR count). The van der Waals surface area contributed by atoms with Crippen LogP contribution in [-0.2, 0) is 21.8 Å². The van der Waals surface area contributed by atoms with Gasteiger partial charge in [0.25, 0.3) is 5.56 Å². The second kappa shape index (κ2) is 7.14. The Bertz CT molecular complexity index is 970. The topological polar surface area (TPSA) is 79.9 Å². The Kier molecular flexibility index (Phi) is 5.49. The SMILES string of the molecule is CC[C@H](c1ccc(F)cc1F)S(=O)(=O)Cc1nc(C(F)(F)F)cc(=O)[nH]1. The average Bonchev–Trinajstić information content (AvgIpc) is 2.48. The third-order valence-electron chi connectivity index (χ3n) is 3.53. The fourth-order valence-corrected chi connectivity index (χ4v) is 4.25. The Morgan fingerprint density at radius 3 is 2.38 bits per heavy atom. The summed E-state index contributed by atoms with van der Waals surface area (Å²) in [6.45, 7) is 1.42. The molecule has 0 saturated heterocycles. The van der Waals surface area contributed by atoms with Crippen molar-refractivity contribution in [1.29, 1.82) is 0 Å². The van der Waals surface area contributed by atoms with Gasteiger partial charge in [-0.15, -0.1) is 0 Å². The average molecular weight is 396 g/mol. The highest BCUT2D eigenvalue weighted by Crippen LogP contribution is 2.31. The fraction of sp³-hybridized carbons (Fsp3) is 0.333. The first-order valence-corrected chi connectivity index (χ1v) is 8.99. The third kappa shape index (κ3) is 4.45. The lowest BCUT2D eigenvalue weighted by atomic mass is 10.1. The number of nitrogens with zero attached hydrogens (tertiary/aromatic N) is 1. The van der Waals surface area contributed by atoms with Crippen LogP contribution in [0.15, 0.2) is 29.1 Å². The smallest absolute Gasteiger partial charge is 0.310 e. The molecule has 0 radical (unpaired) electrons. The van der Waals surface area contributed by atoms with Gasteiger partial charge in [-0.3, -0.25) is 4.79 Å². The number of sulfone groups is 1. The molecule has 142 valence electrons. The van der Waals surface area contributed by atoms with Gasteiger partial charge < -0.3 is 4.98 Å². The van der Waals surface area contributed by atoms with Gasteiger partial charge in [-0.05, 0) is 12.5 Å². The van der Waals surface area contributed by atoms with Crippen LogP contribution in [-0.4, -0.2) is 18.4 Å². The summed E-state index contributed by atoms with van der Waals surface area (Å²) in [6, 6.07) is 2.55. The number of halogens is 5. The molecule has 26 heavy (non-hydrogen) atoms. The van der Waals surface area contributed by atoms with Crippen molar-refractivity contribution in [3.8, 4) is 0 Å².